The Morgan fingerprint density at radius 3 is 2.67 bits per heavy atom. The number of carbonyl (C=O) groups is 2. The Labute approximate surface area is 109 Å². The van der Waals surface area contributed by atoms with Crippen molar-refractivity contribution in [2.45, 2.75) is 19.8 Å². The first kappa shape index (κ1) is 12.6. The molecular formula is C13H12ClNO3. The van der Waals surface area contributed by atoms with Crippen LogP contribution in [0.2, 0.25) is 5.02 Å². The summed E-state index contributed by atoms with van der Waals surface area (Å²) in [6, 6.07) is 4.83. The molecule has 0 atom stereocenters. The molecule has 94 valence electrons. The summed E-state index contributed by atoms with van der Waals surface area (Å²) in [4.78, 5) is 22.6. The molecule has 0 aromatic heterocycles. The molecule has 1 aromatic rings. The van der Waals surface area contributed by atoms with Crippen LogP contribution in [0.5, 0.6) is 0 Å². The van der Waals surface area contributed by atoms with E-state index in [0.29, 0.717) is 24.1 Å². The molecule has 0 spiro atoms. The molecule has 4 nitrogen and oxygen atoms in total. The van der Waals surface area contributed by atoms with Gasteiger partial charge in [0.05, 0.1) is 10.7 Å². The average molecular weight is 266 g/mol. The van der Waals surface area contributed by atoms with Gasteiger partial charge in [-0.05, 0) is 25.5 Å². The molecule has 1 aromatic carbocycles. The van der Waals surface area contributed by atoms with Crippen molar-refractivity contribution in [2.75, 3.05) is 5.32 Å². The summed E-state index contributed by atoms with van der Waals surface area (Å²) in [7, 11) is 0. The van der Waals surface area contributed by atoms with Gasteiger partial charge in [-0.2, -0.15) is 0 Å². The van der Waals surface area contributed by atoms with Crippen LogP contribution in [0, 0.1) is 0 Å². The number of anilines is 1. The van der Waals surface area contributed by atoms with E-state index in [1.807, 2.05) is 0 Å². The SMILES string of the molecule is CC1=C(Nc2cccc(Cl)c2C(=O)O)CCC1=O. The minimum Gasteiger partial charge on any atom is -0.478 e. The van der Waals surface area contributed by atoms with Gasteiger partial charge < -0.3 is 10.4 Å². The standard InChI is InChI=1S/C13H12ClNO3/c1-7-9(5-6-11(7)16)15-10-4-2-3-8(14)12(10)13(17)18/h2-4,15H,5-6H2,1H3,(H,17,18). The van der Waals surface area contributed by atoms with Gasteiger partial charge in [0, 0.05) is 17.7 Å². The van der Waals surface area contributed by atoms with Gasteiger partial charge >= 0.3 is 5.97 Å². The van der Waals surface area contributed by atoms with E-state index in [2.05, 4.69) is 5.32 Å². The Kier molecular flexibility index (Phi) is 3.39. The monoisotopic (exact) mass is 265 g/mol. The number of benzene rings is 1. The summed E-state index contributed by atoms with van der Waals surface area (Å²) in [5, 5.41) is 12.3. The van der Waals surface area contributed by atoms with Crippen LogP contribution in [0.1, 0.15) is 30.1 Å². The van der Waals surface area contributed by atoms with Crippen molar-refractivity contribution in [3.05, 3.63) is 40.1 Å². The molecule has 0 bridgehead atoms. The van der Waals surface area contributed by atoms with Gasteiger partial charge in [0.25, 0.3) is 0 Å². The number of carbonyl (C=O) groups excluding carboxylic acids is 1. The van der Waals surface area contributed by atoms with Crippen LogP contribution in [0.25, 0.3) is 0 Å². The minimum absolute atomic E-state index is 0.0267. The Morgan fingerprint density at radius 2 is 2.11 bits per heavy atom. The first-order chi connectivity index (χ1) is 8.50. The van der Waals surface area contributed by atoms with E-state index in [1.54, 1.807) is 19.1 Å². The third-order valence-electron chi connectivity index (χ3n) is 2.99. The molecule has 1 aliphatic rings. The number of rotatable bonds is 3. The molecule has 2 rings (SSSR count). The fourth-order valence-corrected chi connectivity index (χ4v) is 2.20. The molecule has 5 heteroatoms. The Balaban J connectivity index is 2.39. The van der Waals surface area contributed by atoms with Crippen LogP contribution in [0.15, 0.2) is 29.5 Å². The van der Waals surface area contributed by atoms with Crippen LogP contribution in [-0.2, 0) is 4.79 Å². The number of carboxylic acids is 1. The van der Waals surface area contributed by atoms with Crippen LogP contribution in [0.4, 0.5) is 5.69 Å². The third kappa shape index (κ3) is 2.24. The number of nitrogens with one attached hydrogen (secondary N) is 1. The fourth-order valence-electron chi connectivity index (χ4n) is 1.95. The number of Topliss-reactive ketones (excluding diaryl/α,β-unsaturated/α-hetero) is 1. The molecule has 0 radical (unpaired) electrons. The van der Waals surface area contributed by atoms with Crippen molar-refractivity contribution in [2.24, 2.45) is 0 Å². The van der Waals surface area contributed by atoms with E-state index in [4.69, 9.17) is 16.7 Å². The number of ketones is 1. The van der Waals surface area contributed by atoms with Crippen molar-refractivity contribution < 1.29 is 14.7 Å². The van der Waals surface area contributed by atoms with Gasteiger partial charge in [-0.3, -0.25) is 4.79 Å². The summed E-state index contributed by atoms with van der Waals surface area (Å²) in [6.07, 6.45) is 1.08. The lowest BCUT2D eigenvalue weighted by Crippen LogP contribution is -2.07. The highest BCUT2D eigenvalue weighted by atomic mass is 35.5. The van der Waals surface area contributed by atoms with Crippen LogP contribution >= 0.6 is 11.6 Å². The molecule has 0 heterocycles. The zero-order valence-corrected chi connectivity index (χ0v) is 10.5. The number of hydrogen-bond acceptors (Lipinski definition) is 3. The minimum atomic E-state index is -1.09. The topological polar surface area (TPSA) is 66.4 Å². The van der Waals surface area contributed by atoms with Gasteiger partial charge in [-0.1, -0.05) is 17.7 Å². The number of halogens is 1. The molecule has 0 unspecified atom stereocenters. The molecule has 0 amide bonds. The predicted molar refractivity (Wildman–Crippen MR) is 69.0 cm³/mol. The maximum atomic E-state index is 11.4. The number of allylic oxidation sites excluding steroid dienone is 2. The maximum Gasteiger partial charge on any atom is 0.339 e. The molecule has 0 saturated heterocycles. The zero-order chi connectivity index (χ0) is 13.3. The largest absolute Gasteiger partial charge is 0.478 e. The van der Waals surface area contributed by atoms with Gasteiger partial charge in [0.1, 0.15) is 5.56 Å². The van der Waals surface area contributed by atoms with Crippen molar-refractivity contribution in [1.29, 1.82) is 0 Å². The summed E-state index contributed by atoms with van der Waals surface area (Å²) in [6.45, 7) is 1.74. The molecule has 1 aliphatic carbocycles. The van der Waals surface area contributed by atoms with Crippen LogP contribution in [0.3, 0.4) is 0 Å². The maximum absolute atomic E-state index is 11.4. The molecule has 0 fully saturated rings. The highest BCUT2D eigenvalue weighted by molar-refractivity contribution is 6.34. The van der Waals surface area contributed by atoms with E-state index in [1.165, 1.54) is 6.07 Å². The average Bonchev–Trinajstić information content (AvgIpc) is 2.60. The van der Waals surface area contributed by atoms with Gasteiger partial charge in [-0.15, -0.1) is 0 Å². The van der Waals surface area contributed by atoms with Gasteiger partial charge in [0.2, 0.25) is 0 Å². The fraction of sp³-hybridized carbons (Fsp3) is 0.231. The van der Waals surface area contributed by atoms with Crippen molar-refractivity contribution in [3.8, 4) is 0 Å². The van der Waals surface area contributed by atoms with Crippen molar-refractivity contribution >= 4 is 29.0 Å². The second-order valence-electron chi connectivity index (χ2n) is 4.12. The Morgan fingerprint density at radius 1 is 1.39 bits per heavy atom. The molecule has 0 aliphatic heterocycles. The zero-order valence-electron chi connectivity index (χ0n) is 9.79. The number of aromatic carboxylic acids is 1. The predicted octanol–water partition coefficient (Wildman–Crippen LogP) is 3.09. The van der Waals surface area contributed by atoms with Crippen molar-refractivity contribution in [1.82, 2.24) is 0 Å². The van der Waals surface area contributed by atoms with E-state index in [-0.39, 0.29) is 16.4 Å². The van der Waals surface area contributed by atoms with E-state index < -0.39 is 5.97 Å². The lowest BCUT2D eigenvalue weighted by molar-refractivity contribution is -0.114. The molecular weight excluding hydrogens is 254 g/mol. The lowest BCUT2D eigenvalue weighted by Gasteiger charge is -2.12. The normalized spacial score (nSPS) is 15.1. The summed E-state index contributed by atoms with van der Waals surface area (Å²) < 4.78 is 0. The van der Waals surface area contributed by atoms with Crippen LogP contribution in [-0.4, -0.2) is 16.9 Å². The first-order valence-corrected chi connectivity index (χ1v) is 5.90. The van der Waals surface area contributed by atoms with E-state index in [0.717, 1.165) is 5.70 Å². The lowest BCUT2D eigenvalue weighted by atomic mass is 10.1. The highest BCUT2D eigenvalue weighted by Crippen LogP contribution is 2.29. The molecule has 0 saturated carbocycles. The summed E-state index contributed by atoms with van der Waals surface area (Å²) >= 11 is 5.87. The second kappa shape index (κ2) is 4.82. The summed E-state index contributed by atoms with van der Waals surface area (Å²) in [5.41, 5.74) is 1.87. The Hall–Kier alpha value is -1.81. The smallest absolute Gasteiger partial charge is 0.339 e. The highest BCUT2D eigenvalue weighted by Gasteiger charge is 2.21. The number of carboxylic acid groups (broad SMARTS) is 1. The third-order valence-corrected chi connectivity index (χ3v) is 3.30. The summed E-state index contributed by atoms with van der Waals surface area (Å²) in [5.74, 6) is -0.998. The van der Waals surface area contributed by atoms with Gasteiger partial charge in [-0.25, -0.2) is 4.79 Å². The van der Waals surface area contributed by atoms with Gasteiger partial charge in [0.15, 0.2) is 5.78 Å². The Bertz CT molecular complexity index is 563. The number of hydrogen-bond donors (Lipinski definition) is 2. The van der Waals surface area contributed by atoms with Crippen LogP contribution < -0.4 is 5.32 Å². The molecule has 2 N–H and O–H groups in total. The quantitative estimate of drug-likeness (QED) is 0.881. The molecule has 18 heavy (non-hydrogen) atoms. The van der Waals surface area contributed by atoms with E-state index >= 15 is 0 Å². The van der Waals surface area contributed by atoms with Crippen molar-refractivity contribution in [3.63, 3.8) is 0 Å². The second-order valence-corrected chi connectivity index (χ2v) is 4.53. The first-order valence-electron chi connectivity index (χ1n) is 5.52. The van der Waals surface area contributed by atoms with E-state index in [9.17, 15) is 9.59 Å².